The van der Waals surface area contributed by atoms with Crippen LogP contribution in [0, 0.1) is 0 Å². The average molecular weight is 268 g/mol. The van der Waals surface area contributed by atoms with E-state index in [1.165, 1.54) is 18.7 Å². The lowest BCUT2D eigenvalue weighted by Crippen LogP contribution is -2.22. The molecule has 1 aromatic rings. The highest BCUT2D eigenvalue weighted by atomic mass is 32.2. The fourth-order valence-electron chi connectivity index (χ4n) is 1.52. The van der Waals surface area contributed by atoms with E-state index in [0.29, 0.717) is 12.2 Å². The number of thioether (sulfide) groups is 1. The monoisotopic (exact) mass is 268 g/mol. The van der Waals surface area contributed by atoms with Crippen molar-refractivity contribution in [2.24, 2.45) is 0 Å². The number of hydrogen-bond donors (Lipinski definition) is 1. The van der Waals surface area contributed by atoms with Crippen molar-refractivity contribution in [2.45, 2.75) is 19.4 Å². The van der Waals surface area contributed by atoms with Gasteiger partial charge in [0, 0.05) is 19.1 Å². The summed E-state index contributed by atoms with van der Waals surface area (Å²) in [6.45, 7) is 1.36. The number of carboxylic acids is 1. The maximum atomic E-state index is 11.0. The fraction of sp³-hybridized carbons (Fsp3) is 0.385. The maximum Gasteiger partial charge on any atom is 0.313 e. The SMILES string of the molecule is CC(=O)OC(CSCC(=O)O)Cc1ccccc1. The van der Waals surface area contributed by atoms with Crippen molar-refractivity contribution >= 4 is 23.7 Å². The van der Waals surface area contributed by atoms with Crippen molar-refractivity contribution in [3.05, 3.63) is 35.9 Å². The summed E-state index contributed by atoms with van der Waals surface area (Å²) in [5.41, 5.74) is 1.07. The summed E-state index contributed by atoms with van der Waals surface area (Å²) < 4.78 is 5.18. The molecule has 1 rings (SSSR count). The normalized spacial score (nSPS) is 11.8. The first-order chi connectivity index (χ1) is 8.58. The molecule has 0 aromatic heterocycles. The van der Waals surface area contributed by atoms with Gasteiger partial charge in [-0.2, -0.15) is 0 Å². The molecule has 0 aliphatic rings. The van der Waals surface area contributed by atoms with Crippen molar-refractivity contribution in [2.75, 3.05) is 11.5 Å². The smallest absolute Gasteiger partial charge is 0.313 e. The van der Waals surface area contributed by atoms with E-state index in [1.54, 1.807) is 0 Å². The second-order valence-corrected chi connectivity index (χ2v) is 4.86. The van der Waals surface area contributed by atoms with Crippen LogP contribution in [-0.2, 0) is 20.7 Å². The van der Waals surface area contributed by atoms with Gasteiger partial charge < -0.3 is 9.84 Å². The highest BCUT2D eigenvalue weighted by molar-refractivity contribution is 7.99. The highest BCUT2D eigenvalue weighted by Gasteiger charge is 2.13. The molecule has 0 saturated carbocycles. The lowest BCUT2D eigenvalue weighted by Gasteiger charge is -2.16. The highest BCUT2D eigenvalue weighted by Crippen LogP contribution is 2.12. The predicted octanol–water partition coefficient (Wildman–Crippen LogP) is 1.98. The molecule has 4 nitrogen and oxygen atoms in total. The van der Waals surface area contributed by atoms with Crippen LogP contribution in [0.15, 0.2) is 30.3 Å². The van der Waals surface area contributed by atoms with Gasteiger partial charge in [0.25, 0.3) is 0 Å². The molecule has 0 heterocycles. The van der Waals surface area contributed by atoms with Gasteiger partial charge in [0.1, 0.15) is 6.10 Å². The van der Waals surface area contributed by atoms with E-state index in [-0.39, 0.29) is 17.8 Å². The first-order valence-corrected chi connectivity index (χ1v) is 6.74. The minimum Gasteiger partial charge on any atom is -0.481 e. The zero-order valence-electron chi connectivity index (χ0n) is 10.2. The molecule has 1 atom stereocenters. The summed E-state index contributed by atoms with van der Waals surface area (Å²) in [6.07, 6.45) is 0.321. The summed E-state index contributed by atoms with van der Waals surface area (Å²) in [7, 11) is 0. The number of ether oxygens (including phenoxy) is 1. The number of esters is 1. The van der Waals surface area contributed by atoms with Crippen molar-refractivity contribution < 1.29 is 19.4 Å². The van der Waals surface area contributed by atoms with E-state index >= 15 is 0 Å². The first kappa shape index (κ1) is 14.6. The molecule has 5 heteroatoms. The minimum absolute atomic E-state index is 0.0204. The molecule has 0 spiro atoms. The van der Waals surface area contributed by atoms with E-state index in [9.17, 15) is 9.59 Å². The minimum atomic E-state index is -0.860. The van der Waals surface area contributed by atoms with E-state index in [4.69, 9.17) is 9.84 Å². The van der Waals surface area contributed by atoms with Crippen molar-refractivity contribution in [1.82, 2.24) is 0 Å². The lowest BCUT2D eigenvalue weighted by molar-refractivity contribution is -0.145. The van der Waals surface area contributed by atoms with Gasteiger partial charge in [-0.05, 0) is 5.56 Å². The van der Waals surface area contributed by atoms with Crippen LogP contribution in [0.1, 0.15) is 12.5 Å². The van der Waals surface area contributed by atoms with Gasteiger partial charge in [0.2, 0.25) is 0 Å². The fourth-order valence-corrected chi connectivity index (χ4v) is 2.27. The summed E-state index contributed by atoms with van der Waals surface area (Å²) in [5.74, 6) is -0.694. The van der Waals surface area contributed by atoms with Crippen LogP contribution < -0.4 is 0 Å². The first-order valence-electron chi connectivity index (χ1n) is 5.58. The van der Waals surface area contributed by atoms with Gasteiger partial charge in [-0.3, -0.25) is 9.59 Å². The third kappa shape index (κ3) is 6.30. The molecule has 1 aromatic carbocycles. The topological polar surface area (TPSA) is 63.6 Å². The largest absolute Gasteiger partial charge is 0.481 e. The molecule has 1 N–H and O–H groups in total. The quantitative estimate of drug-likeness (QED) is 0.766. The molecule has 0 radical (unpaired) electrons. The van der Waals surface area contributed by atoms with Gasteiger partial charge in [-0.25, -0.2) is 0 Å². The summed E-state index contributed by atoms with van der Waals surface area (Å²) in [5, 5.41) is 8.57. The second-order valence-electron chi connectivity index (χ2n) is 3.83. The Labute approximate surface area is 110 Å². The molecular weight excluding hydrogens is 252 g/mol. The molecular formula is C13H16O4S. The molecule has 0 aliphatic heterocycles. The van der Waals surface area contributed by atoms with Crippen molar-refractivity contribution in [3.8, 4) is 0 Å². The van der Waals surface area contributed by atoms with Gasteiger partial charge in [-0.15, -0.1) is 11.8 Å². The van der Waals surface area contributed by atoms with Gasteiger partial charge in [-0.1, -0.05) is 30.3 Å². The zero-order chi connectivity index (χ0) is 13.4. The van der Waals surface area contributed by atoms with Crippen LogP contribution in [0.4, 0.5) is 0 Å². The number of aliphatic carboxylic acids is 1. The Bertz CT molecular complexity index is 391. The molecule has 1 unspecified atom stereocenters. The Hall–Kier alpha value is -1.49. The van der Waals surface area contributed by atoms with E-state index in [1.807, 2.05) is 30.3 Å². The summed E-state index contributed by atoms with van der Waals surface area (Å²) >= 11 is 1.25. The van der Waals surface area contributed by atoms with Crippen LogP contribution in [0.5, 0.6) is 0 Å². The Morgan fingerprint density at radius 2 is 2.00 bits per heavy atom. The zero-order valence-corrected chi connectivity index (χ0v) is 11.0. The molecule has 0 aliphatic carbocycles. The third-order valence-electron chi connectivity index (χ3n) is 2.17. The maximum absolute atomic E-state index is 11.0. The predicted molar refractivity (Wildman–Crippen MR) is 70.7 cm³/mol. The standard InChI is InChI=1S/C13H16O4S/c1-10(14)17-12(8-18-9-13(15)16)7-11-5-3-2-4-6-11/h2-6,12H,7-9H2,1H3,(H,15,16). The van der Waals surface area contributed by atoms with Crippen LogP contribution in [0.2, 0.25) is 0 Å². The Kier molecular flexibility index (Phi) is 6.28. The lowest BCUT2D eigenvalue weighted by atomic mass is 10.1. The van der Waals surface area contributed by atoms with Crippen molar-refractivity contribution in [1.29, 1.82) is 0 Å². The van der Waals surface area contributed by atoms with Crippen LogP contribution in [0.3, 0.4) is 0 Å². The number of carbonyl (C=O) groups is 2. The second kappa shape index (κ2) is 7.76. The van der Waals surface area contributed by atoms with E-state index in [0.717, 1.165) is 5.56 Å². The number of carbonyl (C=O) groups excluding carboxylic acids is 1. The molecule has 0 saturated heterocycles. The van der Waals surface area contributed by atoms with Crippen LogP contribution >= 0.6 is 11.8 Å². The Morgan fingerprint density at radius 1 is 1.33 bits per heavy atom. The van der Waals surface area contributed by atoms with Gasteiger partial charge in [0.15, 0.2) is 0 Å². The van der Waals surface area contributed by atoms with Gasteiger partial charge in [0.05, 0.1) is 5.75 Å². The Morgan fingerprint density at radius 3 is 2.56 bits per heavy atom. The molecule has 0 amide bonds. The number of carboxylic acid groups (broad SMARTS) is 1. The summed E-state index contributed by atoms with van der Waals surface area (Å²) in [4.78, 5) is 21.4. The number of benzene rings is 1. The third-order valence-corrected chi connectivity index (χ3v) is 3.23. The van der Waals surface area contributed by atoms with Crippen LogP contribution in [0.25, 0.3) is 0 Å². The number of hydrogen-bond acceptors (Lipinski definition) is 4. The molecule has 0 bridgehead atoms. The number of rotatable bonds is 7. The Balaban J connectivity index is 2.50. The molecule has 98 valence electrons. The van der Waals surface area contributed by atoms with Gasteiger partial charge >= 0.3 is 11.9 Å². The van der Waals surface area contributed by atoms with E-state index in [2.05, 4.69) is 0 Å². The van der Waals surface area contributed by atoms with E-state index < -0.39 is 5.97 Å². The van der Waals surface area contributed by atoms with Crippen molar-refractivity contribution in [3.63, 3.8) is 0 Å². The molecule has 18 heavy (non-hydrogen) atoms. The van der Waals surface area contributed by atoms with Crippen LogP contribution in [-0.4, -0.2) is 34.7 Å². The molecule has 0 fully saturated rings. The average Bonchev–Trinajstić information content (AvgIpc) is 2.28. The summed E-state index contributed by atoms with van der Waals surface area (Å²) in [6, 6.07) is 9.68.